The molecule has 3 heterocycles. The zero-order valence-corrected chi connectivity index (χ0v) is 11.2. The van der Waals surface area contributed by atoms with E-state index in [0.717, 1.165) is 18.8 Å². The number of carboxylic acids is 1. The maximum Gasteiger partial charge on any atom is 0.320 e. The third-order valence-corrected chi connectivity index (χ3v) is 4.06. The normalized spacial score (nSPS) is 22.5. The predicted octanol–water partition coefficient (Wildman–Crippen LogP) is 0.615. The van der Waals surface area contributed by atoms with Crippen molar-refractivity contribution in [3.05, 3.63) is 18.2 Å². The highest BCUT2D eigenvalue weighted by Gasteiger charge is 2.31. The van der Waals surface area contributed by atoms with Crippen LogP contribution in [0.3, 0.4) is 0 Å². The molecule has 2 aliphatic rings. The van der Waals surface area contributed by atoms with Crippen LogP contribution in [-0.4, -0.2) is 56.1 Å². The number of imidazole rings is 1. The number of hydrogen-bond acceptors (Lipinski definition) is 3. The molecule has 1 fully saturated rings. The van der Waals surface area contributed by atoms with Gasteiger partial charge in [0, 0.05) is 38.6 Å². The molecule has 7 nitrogen and oxygen atoms in total. The third kappa shape index (κ3) is 2.35. The lowest BCUT2D eigenvalue weighted by molar-refractivity contribution is -0.143. The van der Waals surface area contributed by atoms with Crippen molar-refractivity contribution in [1.29, 1.82) is 0 Å². The molecule has 1 N–H and O–H groups in total. The Morgan fingerprint density at radius 2 is 2.10 bits per heavy atom. The first-order valence-electron chi connectivity index (χ1n) is 6.92. The van der Waals surface area contributed by atoms with Gasteiger partial charge in [-0.3, -0.25) is 4.79 Å². The number of fused-ring (bicyclic) bond motifs is 1. The number of likely N-dealkylation sites (tertiary alicyclic amines) is 1. The lowest BCUT2D eigenvalue weighted by atomic mass is 9.98. The zero-order valence-electron chi connectivity index (χ0n) is 11.2. The van der Waals surface area contributed by atoms with E-state index in [2.05, 4.69) is 4.98 Å². The Bertz CT molecular complexity index is 527. The number of piperidine rings is 1. The summed E-state index contributed by atoms with van der Waals surface area (Å²) in [6.07, 6.45) is 5.07. The van der Waals surface area contributed by atoms with Gasteiger partial charge in [-0.1, -0.05) is 0 Å². The van der Waals surface area contributed by atoms with Crippen molar-refractivity contribution < 1.29 is 14.7 Å². The summed E-state index contributed by atoms with van der Waals surface area (Å²) >= 11 is 0. The molecule has 2 aliphatic heterocycles. The van der Waals surface area contributed by atoms with Gasteiger partial charge in [0.05, 0.1) is 12.5 Å². The van der Waals surface area contributed by atoms with Gasteiger partial charge in [0.1, 0.15) is 5.82 Å². The number of carbonyl (C=O) groups excluding carboxylic acids is 1. The maximum atomic E-state index is 12.5. The van der Waals surface area contributed by atoms with E-state index in [0.29, 0.717) is 32.6 Å². The number of rotatable bonds is 1. The molecule has 108 valence electrons. The molecule has 0 saturated carbocycles. The lowest BCUT2D eigenvalue weighted by Crippen LogP contribution is -2.50. The number of aliphatic carboxylic acids is 1. The van der Waals surface area contributed by atoms with Gasteiger partial charge in [-0.05, 0) is 12.8 Å². The molecule has 0 aromatic carbocycles. The van der Waals surface area contributed by atoms with Gasteiger partial charge < -0.3 is 19.5 Å². The van der Waals surface area contributed by atoms with Crippen molar-refractivity contribution in [2.45, 2.75) is 25.9 Å². The van der Waals surface area contributed by atoms with Crippen LogP contribution < -0.4 is 0 Å². The summed E-state index contributed by atoms with van der Waals surface area (Å²) in [6.45, 7) is 2.86. The summed E-state index contributed by atoms with van der Waals surface area (Å²) in [5.41, 5.74) is 0. The van der Waals surface area contributed by atoms with Crippen LogP contribution in [0.2, 0.25) is 0 Å². The van der Waals surface area contributed by atoms with Crippen LogP contribution in [0.4, 0.5) is 4.79 Å². The summed E-state index contributed by atoms with van der Waals surface area (Å²) in [6, 6.07) is -0.0646. The number of aromatic nitrogens is 2. The van der Waals surface area contributed by atoms with Crippen LogP contribution in [0.1, 0.15) is 18.7 Å². The molecule has 2 amide bonds. The molecule has 0 bridgehead atoms. The quantitative estimate of drug-likeness (QED) is 0.816. The van der Waals surface area contributed by atoms with Crippen molar-refractivity contribution >= 4 is 12.0 Å². The Morgan fingerprint density at radius 1 is 1.25 bits per heavy atom. The van der Waals surface area contributed by atoms with Crippen molar-refractivity contribution in [2.24, 2.45) is 5.92 Å². The number of nitrogens with zero attached hydrogens (tertiary/aromatic N) is 4. The molecule has 0 radical (unpaired) electrons. The average Bonchev–Trinajstić information content (AvgIpc) is 2.94. The molecule has 7 heteroatoms. The van der Waals surface area contributed by atoms with Gasteiger partial charge in [-0.2, -0.15) is 0 Å². The summed E-state index contributed by atoms with van der Waals surface area (Å²) in [4.78, 5) is 31.2. The molecule has 0 aliphatic carbocycles. The Morgan fingerprint density at radius 3 is 2.90 bits per heavy atom. The molecule has 0 unspecified atom stereocenters. The number of hydrogen-bond donors (Lipinski definition) is 1. The second-order valence-electron chi connectivity index (χ2n) is 5.36. The van der Waals surface area contributed by atoms with E-state index in [1.807, 2.05) is 10.8 Å². The smallest absolute Gasteiger partial charge is 0.320 e. The summed E-state index contributed by atoms with van der Waals surface area (Å²) < 4.78 is 2.04. The average molecular weight is 278 g/mol. The molecule has 3 rings (SSSR count). The van der Waals surface area contributed by atoms with Gasteiger partial charge in [0.15, 0.2) is 0 Å². The highest BCUT2D eigenvalue weighted by Crippen LogP contribution is 2.20. The second kappa shape index (κ2) is 5.15. The van der Waals surface area contributed by atoms with Crippen LogP contribution >= 0.6 is 0 Å². The fourth-order valence-corrected chi connectivity index (χ4v) is 2.89. The lowest BCUT2D eigenvalue weighted by Gasteiger charge is -2.36. The molecule has 1 atom stereocenters. The number of urea groups is 1. The first-order valence-corrected chi connectivity index (χ1v) is 6.92. The Labute approximate surface area is 116 Å². The largest absolute Gasteiger partial charge is 0.481 e. The van der Waals surface area contributed by atoms with Crippen LogP contribution in [0.25, 0.3) is 0 Å². The van der Waals surface area contributed by atoms with E-state index in [-0.39, 0.29) is 6.03 Å². The van der Waals surface area contributed by atoms with Crippen molar-refractivity contribution in [2.75, 3.05) is 19.6 Å². The van der Waals surface area contributed by atoms with Crippen LogP contribution in [0, 0.1) is 5.92 Å². The van der Waals surface area contributed by atoms with Gasteiger partial charge >= 0.3 is 12.0 Å². The van der Waals surface area contributed by atoms with Crippen LogP contribution in [0.15, 0.2) is 12.4 Å². The summed E-state index contributed by atoms with van der Waals surface area (Å²) in [7, 11) is 0. The summed E-state index contributed by atoms with van der Waals surface area (Å²) in [5.74, 6) is -0.354. The Balaban J connectivity index is 1.66. The molecule has 1 aromatic rings. The maximum absolute atomic E-state index is 12.5. The third-order valence-electron chi connectivity index (χ3n) is 4.06. The number of carboxylic acid groups (broad SMARTS) is 1. The van der Waals surface area contributed by atoms with Gasteiger partial charge in [-0.25, -0.2) is 9.78 Å². The van der Waals surface area contributed by atoms with E-state index in [1.54, 1.807) is 16.0 Å². The minimum atomic E-state index is -0.809. The van der Waals surface area contributed by atoms with Crippen LogP contribution in [-0.2, 0) is 17.9 Å². The second-order valence-corrected chi connectivity index (χ2v) is 5.36. The fraction of sp³-hybridized carbons (Fsp3) is 0.615. The molecule has 1 aromatic heterocycles. The summed E-state index contributed by atoms with van der Waals surface area (Å²) in [5, 5.41) is 9.09. The highest BCUT2D eigenvalue weighted by atomic mass is 16.4. The first kappa shape index (κ1) is 13.0. The predicted molar refractivity (Wildman–Crippen MR) is 70.0 cm³/mol. The van der Waals surface area contributed by atoms with E-state index in [1.165, 1.54) is 0 Å². The topological polar surface area (TPSA) is 78.7 Å². The fourth-order valence-electron chi connectivity index (χ4n) is 2.89. The Hall–Kier alpha value is -2.05. The molecule has 20 heavy (non-hydrogen) atoms. The minimum Gasteiger partial charge on any atom is -0.481 e. The standard InChI is InChI=1S/C13H18N4O3/c18-12(19)10-2-1-4-16(8-10)13(20)17-7-6-15-5-3-14-11(15)9-17/h3,5,10H,1-2,4,6-9H2,(H,18,19)/t10-/m1/s1. The van der Waals surface area contributed by atoms with E-state index < -0.39 is 11.9 Å². The molecular formula is C13H18N4O3. The molecule has 1 saturated heterocycles. The van der Waals surface area contributed by atoms with Crippen molar-refractivity contribution in [1.82, 2.24) is 19.4 Å². The van der Waals surface area contributed by atoms with Gasteiger partial charge in [0.2, 0.25) is 0 Å². The van der Waals surface area contributed by atoms with Crippen molar-refractivity contribution in [3.63, 3.8) is 0 Å². The van der Waals surface area contributed by atoms with Crippen LogP contribution in [0.5, 0.6) is 0 Å². The highest BCUT2D eigenvalue weighted by molar-refractivity contribution is 5.76. The van der Waals surface area contributed by atoms with E-state index >= 15 is 0 Å². The first-order chi connectivity index (χ1) is 9.65. The molecular weight excluding hydrogens is 260 g/mol. The monoisotopic (exact) mass is 278 g/mol. The van der Waals surface area contributed by atoms with Gasteiger partial charge in [-0.15, -0.1) is 0 Å². The SMILES string of the molecule is O=C(O)[C@@H]1CCCN(C(=O)N2CCn3ccnc3C2)C1. The number of amides is 2. The van der Waals surface area contributed by atoms with Gasteiger partial charge in [0.25, 0.3) is 0 Å². The van der Waals surface area contributed by atoms with Crippen molar-refractivity contribution in [3.8, 4) is 0 Å². The zero-order chi connectivity index (χ0) is 14.1. The van der Waals surface area contributed by atoms with E-state index in [9.17, 15) is 9.59 Å². The Kier molecular flexibility index (Phi) is 3.33. The molecule has 0 spiro atoms. The van der Waals surface area contributed by atoms with E-state index in [4.69, 9.17) is 5.11 Å². The minimum absolute atomic E-state index is 0.0646. The number of carbonyl (C=O) groups is 2.